The lowest BCUT2D eigenvalue weighted by Crippen LogP contribution is -1.81. The number of rotatable bonds is 0. The topological polar surface area (TPSA) is 12.5 Å². The average molecular weight is 70.1 g/mol. The van der Waals surface area contributed by atoms with Gasteiger partial charge in [0.2, 0.25) is 0 Å². The largest absolute Gasteiger partial charge is 0.366 e. The summed E-state index contributed by atoms with van der Waals surface area (Å²) in [5, 5.41) is 0. The summed E-state index contributed by atoms with van der Waals surface area (Å²) in [4.78, 5) is 0. The van der Waals surface area contributed by atoms with Gasteiger partial charge in [-0.15, -0.1) is 0 Å². The average Bonchev–Trinajstić information content (AvgIpc) is 1.74. The third kappa shape index (κ3) is 0.106. The summed E-state index contributed by atoms with van der Waals surface area (Å²) in [5.74, 6) is 0. The lowest BCUT2D eigenvalue weighted by Gasteiger charge is -1.81. The van der Waals surface area contributed by atoms with Crippen LogP contribution >= 0.6 is 0 Å². The molecule has 2 rings (SSSR count). The Morgan fingerprint density at radius 3 is 2.20 bits per heavy atom. The predicted molar refractivity (Wildman–Crippen MR) is 17.9 cm³/mol. The normalized spacial score (nSPS) is 70.2. The Morgan fingerprint density at radius 1 is 2.00 bits per heavy atom. The fraction of sp³-hybridized carbons (Fsp3) is 1.00. The Labute approximate surface area is 30.9 Å². The van der Waals surface area contributed by atoms with Crippen molar-refractivity contribution in [1.82, 2.24) is 0 Å². The van der Waals surface area contributed by atoms with Crippen LogP contribution in [0, 0.1) is 0 Å². The molecule has 0 radical (unpaired) electrons. The van der Waals surface area contributed by atoms with Crippen molar-refractivity contribution in [2.45, 2.75) is 25.0 Å². The van der Waals surface area contributed by atoms with Gasteiger partial charge in [-0.05, 0) is 6.92 Å². The van der Waals surface area contributed by atoms with Crippen molar-refractivity contribution in [3.05, 3.63) is 0 Å². The van der Waals surface area contributed by atoms with Crippen molar-refractivity contribution in [3.8, 4) is 0 Å². The van der Waals surface area contributed by atoms with E-state index in [-0.39, 0.29) is 0 Å². The van der Waals surface area contributed by atoms with Crippen molar-refractivity contribution >= 4 is 0 Å². The molecule has 0 spiro atoms. The van der Waals surface area contributed by atoms with Crippen molar-refractivity contribution in [2.24, 2.45) is 0 Å². The standard InChI is InChI=1S/C4H6O/c1-4-2-3(4)5-4/h3H,2H2,1H3/t3?,4-/m1/s1. The summed E-state index contributed by atoms with van der Waals surface area (Å²) >= 11 is 0. The maximum atomic E-state index is 4.99. The Kier molecular flexibility index (Phi) is 0.126. The molecular formula is C4H6O. The van der Waals surface area contributed by atoms with Gasteiger partial charge in [0.25, 0.3) is 0 Å². The number of fused-ring (bicyclic) bond motifs is 1. The first-order valence-electron chi connectivity index (χ1n) is 1.99. The SMILES string of the molecule is C[C@@]12CC1O2. The Morgan fingerprint density at radius 2 is 2.20 bits per heavy atom. The first-order valence-corrected chi connectivity index (χ1v) is 1.99. The van der Waals surface area contributed by atoms with Gasteiger partial charge in [0, 0.05) is 6.42 Å². The number of ether oxygens (including phenoxy) is 1. The first-order chi connectivity index (χ1) is 2.31. The summed E-state index contributed by atoms with van der Waals surface area (Å²) < 4.78 is 4.99. The van der Waals surface area contributed by atoms with Crippen LogP contribution < -0.4 is 0 Å². The van der Waals surface area contributed by atoms with E-state index in [1.165, 1.54) is 6.42 Å². The smallest absolute Gasteiger partial charge is 0.0947 e. The van der Waals surface area contributed by atoms with Gasteiger partial charge in [-0.2, -0.15) is 0 Å². The molecule has 1 saturated heterocycles. The molecule has 1 heteroatoms. The van der Waals surface area contributed by atoms with Crippen LogP contribution in [0.5, 0.6) is 0 Å². The van der Waals surface area contributed by atoms with Gasteiger partial charge in [-0.3, -0.25) is 0 Å². The molecule has 1 unspecified atom stereocenters. The van der Waals surface area contributed by atoms with E-state index >= 15 is 0 Å². The second-order valence-electron chi connectivity index (χ2n) is 2.12. The van der Waals surface area contributed by atoms with Crippen molar-refractivity contribution in [1.29, 1.82) is 0 Å². The lowest BCUT2D eigenvalue weighted by molar-refractivity contribution is 0.236. The van der Waals surface area contributed by atoms with Crippen LogP contribution in [-0.4, -0.2) is 11.7 Å². The van der Waals surface area contributed by atoms with E-state index in [1.54, 1.807) is 0 Å². The first kappa shape index (κ1) is 2.19. The molecule has 1 saturated carbocycles. The summed E-state index contributed by atoms with van der Waals surface area (Å²) in [6.07, 6.45) is 2.02. The highest BCUT2D eigenvalue weighted by atomic mass is 16.6. The van der Waals surface area contributed by atoms with E-state index in [1.807, 2.05) is 0 Å². The number of hydrogen-bond donors (Lipinski definition) is 0. The molecule has 1 heterocycles. The Hall–Kier alpha value is -0.0400. The molecule has 0 aromatic heterocycles. The zero-order valence-corrected chi connectivity index (χ0v) is 3.19. The minimum atomic E-state index is 0.417. The molecule has 2 aliphatic rings. The van der Waals surface area contributed by atoms with Crippen LogP contribution in [0.15, 0.2) is 0 Å². The van der Waals surface area contributed by atoms with E-state index in [4.69, 9.17) is 4.74 Å². The highest BCUT2D eigenvalue weighted by Gasteiger charge is 2.69. The molecule has 1 nitrogen and oxygen atoms in total. The van der Waals surface area contributed by atoms with Crippen LogP contribution in [0.2, 0.25) is 0 Å². The highest BCUT2D eigenvalue weighted by molar-refractivity contribution is 5.17. The Balaban J connectivity index is 2.37. The van der Waals surface area contributed by atoms with Gasteiger partial charge in [0.1, 0.15) is 0 Å². The molecule has 0 aromatic rings. The third-order valence-corrected chi connectivity index (χ3v) is 1.47. The zero-order valence-electron chi connectivity index (χ0n) is 3.19. The maximum absolute atomic E-state index is 4.99. The molecule has 2 atom stereocenters. The molecular weight excluding hydrogens is 64.0 g/mol. The van der Waals surface area contributed by atoms with E-state index in [0.29, 0.717) is 11.7 Å². The molecule has 0 N–H and O–H groups in total. The predicted octanol–water partition coefficient (Wildman–Crippen LogP) is 0.548. The molecule has 1 aliphatic heterocycles. The minimum absolute atomic E-state index is 0.417. The van der Waals surface area contributed by atoms with Gasteiger partial charge >= 0.3 is 0 Å². The molecule has 1 aliphatic carbocycles. The fourth-order valence-corrected chi connectivity index (χ4v) is 0.591. The van der Waals surface area contributed by atoms with E-state index in [9.17, 15) is 0 Å². The summed E-state index contributed by atoms with van der Waals surface area (Å²) in [7, 11) is 0. The van der Waals surface area contributed by atoms with Crippen molar-refractivity contribution < 1.29 is 4.74 Å². The second kappa shape index (κ2) is 0.289. The van der Waals surface area contributed by atoms with E-state index < -0.39 is 0 Å². The fourth-order valence-electron chi connectivity index (χ4n) is 0.591. The van der Waals surface area contributed by atoms with Crippen LogP contribution in [0.4, 0.5) is 0 Å². The van der Waals surface area contributed by atoms with Crippen LogP contribution in [0.3, 0.4) is 0 Å². The maximum Gasteiger partial charge on any atom is 0.0947 e. The van der Waals surface area contributed by atoms with E-state index in [2.05, 4.69) is 6.92 Å². The summed E-state index contributed by atoms with van der Waals surface area (Å²) in [5.41, 5.74) is 0.417. The Bertz CT molecular complexity index is 71.7. The van der Waals surface area contributed by atoms with Crippen LogP contribution in [0.1, 0.15) is 13.3 Å². The van der Waals surface area contributed by atoms with E-state index in [0.717, 1.165) is 0 Å². The number of hydrogen-bond acceptors (Lipinski definition) is 1. The quantitative estimate of drug-likeness (QED) is 0.379. The molecule has 2 fully saturated rings. The highest BCUT2D eigenvalue weighted by Crippen LogP contribution is 2.59. The summed E-state index contributed by atoms with van der Waals surface area (Å²) in [6, 6.07) is 0. The van der Waals surface area contributed by atoms with Gasteiger partial charge in [0.05, 0.1) is 11.7 Å². The molecule has 0 bridgehead atoms. The van der Waals surface area contributed by atoms with Crippen molar-refractivity contribution in [3.63, 3.8) is 0 Å². The zero-order chi connectivity index (χ0) is 3.49. The lowest BCUT2D eigenvalue weighted by atomic mass is 10.5. The van der Waals surface area contributed by atoms with Gasteiger partial charge in [0.15, 0.2) is 0 Å². The molecule has 0 amide bonds. The van der Waals surface area contributed by atoms with Crippen LogP contribution in [0.25, 0.3) is 0 Å². The minimum Gasteiger partial charge on any atom is -0.366 e. The van der Waals surface area contributed by atoms with Gasteiger partial charge < -0.3 is 4.74 Å². The second-order valence-corrected chi connectivity index (χ2v) is 2.12. The third-order valence-electron chi connectivity index (χ3n) is 1.47. The molecule has 0 aromatic carbocycles. The summed E-state index contributed by atoms with van der Waals surface area (Å²) in [6.45, 7) is 2.15. The monoisotopic (exact) mass is 70.0 g/mol. The van der Waals surface area contributed by atoms with Gasteiger partial charge in [-0.1, -0.05) is 0 Å². The van der Waals surface area contributed by atoms with Crippen molar-refractivity contribution in [2.75, 3.05) is 0 Å². The molecule has 28 valence electrons. The van der Waals surface area contributed by atoms with Gasteiger partial charge in [-0.25, -0.2) is 0 Å². The van der Waals surface area contributed by atoms with Crippen LogP contribution in [-0.2, 0) is 4.74 Å². The molecule has 5 heavy (non-hydrogen) atoms. The number of epoxide rings is 1.